The number of hydrogen-bond acceptors (Lipinski definition) is 9. The highest BCUT2D eigenvalue weighted by atomic mass is 32.1. The summed E-state index contributed by atoms with van der Waals surface area (Å²) >= 11 is 0.674. The first-order valence-corrected chi connectivity index (χ1v) is 17.6. The minimum absolute atomic E-state index is 0.0315. The van der Waals surface area contributed by atoms with E-state index in [0.717, 1.165) is 24.6 Å². The quantitative estimate of drug-likeness (QED) is 0.156. The van der Waals surface area contributed by atoms with E-state index in [0.29, 0.717) is 42.8 Å². The highest BCUT2D eigenvalue weighted by molar-refractivity contribution is 7.23. The van der Waals surface area contributed by atoms with Crippen LogP contribution in [0.2, 0.25) is 0 Å². The lowest BCUT2D eigenvalue weighted by Gasteiger charge is -2.33. The molecule has 16 heteroatoms. The van der Waals surface area contributed by atoms with E-state index in [2.05, 4.69) is 16.5 Å². The molecule has 1 amide bonds. The Bertz CT molecular complexity index is 2180. The van der Waals surface area contributed by atoms with Crippen molar-refractivity contribution in [1.82, 2.24) is 19.8 Å². The summed E-state index contributed by atoms with van der Waals surface area (Å²) in [4.78, 5) is 27.0. The summed E-state index contributed by atoms with van der Waals surface area (Å²) in [5, 5.41) is 9.19. The van der Waals surface area contributed by atoms with Gasteiger partial charge in [-0.2, -0.15) is 28.4 Å². The van der Waals surface area contributed by atoms with Crippen LogP contribution in [0.4, 0.5) is 37.2 Å². The molecule has 274 valence electrons. The van der Waals surface area contributed by atoms with Crippen LogP contribution in [-0.4, -0.2) is 82.8 Å². The first-order valence-electron chi connectivity index (χ1n) is 16.8. The molecule has 52 heavy (non-hydrogen) atoms. The van der Waals surface area contributed by atoms with Gasteiger partial charge in [-0.1, -0.05) is 12.6 Å². The number of ether oxygens (including phenoxy) is 1. The van der Waals surface area contributed by atoms with E-state index < -0.39 is 58.2 Å². The normalized spacial score (nSPS) is 23.4. The average Bonchev–Trinajstić information content (AvgIpc) is 3.83. The highest BCUT2D eigenvalue weighted by Crippen LogP contribution is 2.48. The van der Waals surface area contributed by atoms with Crippen molar-refractivity contribution >= 4 is 49.1 Å². The second-order valence-electron chi connectivity index (χ2n) is 13.9. The molecule has 3 fully saturated rings. The molecule has 0 spiro atoms. The van der Waals surface area contributed by atoms with Gasteiger partial charge in [0.2, 0.25) is 5.91 Å². The van der Waals surface area contributed by atoms with Crippen LogP contribution in [0.1, 0.15) is 50.7 Å². The van der Waals surface area contributed by atoms with Crippen molar-refractivity contribution in [2.75, 3.05) is 43.9 Å². The van der Waals surface area contributed by atoms with Gasteiger partial charge in [0.25, 0.3) is 0 Å². The Labute approximate surface area is 299 Å². The van der Waals surface area contributed by atoms with Crippen LogP contribution in [0.5, 0.6) is 6.01 Å². The molecule has 4 unspecified atom stereocenters. The van der Waals surface area contributed by atoms with E-state index in [9.17, 15) is 18.8 Å². The van der Waals surface area contributed by atoms with Crippen molar-refractivity contribution < 1.29 is 35.9 Å². The number of thiophene rings is 1. The maximum Gasteiger partial charge on any atom is 0.417 e. The Kier molecular flexibility index (Phi) is 8.81. The molecule has 3 aliphatic heterocycles. The van der Waals surface area contributed by atoms with Gasteiger partial charge in [0, 0.05) is 54.5 Å². The first-order chi connectivity index (χ1) is 24.6. The fraction of sp³-hybridized carbons (Fsp3) is 0.444. The zero-order valence-electron chi connectivity index (χ0n) is 28.6. The third-order valence-corrected chi connectivity index (χ3v) is 11.8. The van der Waals surface area contributed by atoms with Crippen LogP contribution in [0, 0.1) is 23.0 Å². The fourth-order valence-electron chi connectivity index (χ4n) is 8.30. The molecule has 0 bridgehead atoms. The Morgan fingerprint density at radius 1 is 1.27 bits per heavy atom. The van der Waals surface area contributed by atoms with E-state index in [1.165, 1.54) is 0 Å². The number of aromatic nitrogens is 2. The highest BCUT2D eigenvalue weighted by Gasteiger charge is 2.49. The molecule has 2 N–H and O–H groups in total. The molecular weight excluding hydrogens is 708 g/mol. The predicted octanol–water partition coefficient (Wildman–Crippen LogP) is 7.22. The van der Waals surface area contributed by atoms with Gasteiger partial charge in [0.1, 0.15) is 41.0 Å². The number of nitrogens with zero attached hydrogens (tertiary/aromatic N) is 6. The van der Waals surface area contributed by atoms with E-state index in [1.54, 1.807) is 30.7 Å². The maximum absolute atomic E-state index is 17.2. The summed E-state index contributed by atoms with van der Waals surface area (Å²) < 4.78 is 97.8. The molecule has 2 aromatic heterocycles. The fourth-order valence-corrected chi connectivity index (χ4v) is 9.25. The number of anilines is 2. The zero-order valence-corrected chi connectivity index (χ0v) is 29.4. The SMILES string of the molecule is C=C(C)C(=O)N1CCC(N(C)c2nc(OCC34CCCN3CC(F)C4)nc3c(F)c(-c4ccc(F)c5sc(N)c(C#N)c45)c(C(F)(F)F)cc23)C1C. The number of nitriles is 1. The number of alkyl halides is 4. The molecule has 4 atom stereocenters. The third kappa shape index (κ3) is 5.69. The van der Waals surface area contributed by atoms with Crippen LogP contribution in [0.25, 0.3) is 32.1 Å². The number of carbonyl (C=O) groups excluding carboxylic acids is 1. The number of nitrogens with two attached hydrogens (primary N) is 1. The number of rotatable bonds is 7. The summed E-state index contributed by atoms with van der Waals surface area (Å²) in [6.07, 6.45) is -4.08. The van der Waals surface area contributed by atoms with Gasteiger partial charge in [-0.3, -0.25) is 9.69 Å². The van der Waals surface area contributed by atoms with Crippen LogP contribution in [0.15, 0.2) is 30.4 Å². The topological polar surface area (TPSA) is 112 Å². The van der Waals surface area contributed by atoms with Crippen LogP contribution >= 0.6 is 11.3 Å². The largest absolute Gasteiger partial charge is 0.461 e. The van der Waals surface area contributed by atoms with Gasteiger partial charge < -0.3 is 20.3 Å². The Hall–Kier alpha value is -4.62. The Balaban J connectivity index is 1.44. The molecule has 7 rings (SSSR count). The minimum atomic E-state index is -5.13. The van der Waals surface area contributed by atoms with Gasteiger partial charge in [0.15, 0.2) is 5.82 Å². The number of benzene rings is 2. The van der Waals surface area contributed by atoms with Crippen molar-refractivity contribution in [2.45, 2.75) is 69.5 Å². The average molecular weight is 744 g/mol. The van der Waals surface area contributed by atoms with Crippen LogP contribution in [0.3, 0.4) is 0 Å². The number of halogens is 6. The second-order valence-corrected chi connectivity index (χ2v) is 15.0. The predicted molar refractivity (Wildman–Crippen MR) is 186 cm³/mol. The van der Waals surface area contributed by atoms with Gasteiger partial charge in [0.05, 0.1) is 27.4 Å². The lowest BCUT2D eigenvalue weighted by molar-refractivity contribution is -0.137. The summed E-state index contributed by atoms with van der Waals surface area (Å²) in [6.45, 7) is 8.37. The molecule has 9 nitrogen and oxygen atoms in total. The molecular formula is C36H35F6N7O2S. The number of likely N-dealkylation sites (N-methyl/N-ethyl adjacent to an activating group) is 1. The lowest BCUT2D eigenvalue weighted by atomic mass is 9.92. The second kappa shape index (κ2) is 12.8. The van der Waals surface area contributed by atoms with Crippen molar-refractivity contribution in [3.8, 4) is 23.2 Å². The third-order valence-electron chi connectivity index (χ3n) is 10.8. The molecule has 0 saturated carbocycles. The lowest BCUT2D eigenvalue weighted by Crippen LogP contribution is -2.44. The maximum atomic E-state index is 17.2. The van der Waals surface area contributed by atoms with Crippen molar-refractivity contribution in [3.05, 3.63) is 53.1 Å². The summed E-state index contributed by atoms with van der Waals surface area (Å²) in [5.74, 6) is -2.57. The molecule has 2 aromatic carbocycles. The number of amides is 1. The Morgan fingerprint density at radius 3 is 2.71 bits per heavy atom. The number of hydrogen-bond donors (Lipinski definition) is 1. The van der Waals surface area contributed by atoms with Crippen molar-refractivity contribution in [3.63, 3.8) is 0 Å². The molecule has 5 heterocycles. The summed E-state index contributed by atoms with van der Waals surface area (Å²) in [7, 11) is 1.60. The number of fused-ring (bicyclic) bond motifs is 3. The van der Waals surface area contributed by atoms with Gasteiger partial charge in [-0.15, -0.1) is 11.3 Å². The van der Waals surface area contributed by atoms with Crippen LogP contribution in [-0.2, 0) is 11.0 Å². The Morgan fingerprint density at radius 2 is 2.02 bits per heavy atom. The van der Waals surface area contributed by atoms with Crippen molar-refractivity contribution in [2.24, 2.45) is 0 Å². The minimum Gasteiger partial charge on any atom is -0.461 e. The van der Waals surface area contributed by atoms with Gasteiger partial charge in [-0.05, 0) is 57.4 Å². The van der Waals surface area contributed by atoms with E-state index in [4.69, 9.17) is 10.5 Å². The number of likely N-dealkylation sites (tertiary alicyclic amines) is 1. The molecule has 3 saturated heterocycles. The van der Waals surface area contributed by atoms with Crippen LogP contribution < -0.4 is 15.4 Å². The first kappa shape index (κ1) is 35.8. The molecule has 0 aliphatic carbocycles. The van der Waals surface area contributed by atoms with Gasteiger partial charge in [-0.25, -0.2) is 13.2 Å². The van der Waals surface area contributed by atoms with E-state index in [-0.39, 0.29) is 68.9 Å². The molecule has 3 aliphatic rings. The summed E-state index contributed by atoms with van der Waals surface area (Å²) in [5.41, 5.74) is 2.14. The van der Waals surface area contributed by atoms with Crippen molar-refractivity contribution in [1.29, 1.82) is 5.26 Å². The standard InChI is InChI=1S/C36H35F6N7O2S/c1-17(2)33(50)49-11-8-25(18(49)3)47(4)32-21-12-23(36(40,41)42)27(20-6-7-24(38)30-26(20)22(14-43)31(44)52-30)28(39)29(21)45-34(46-32)51-16-35-9-5-10-48(35)15-19(37)13-35/h6-7,12,18-19,25H,1,5,8-11,13,15-16,44H2,2-4H3. The van der Waals surface area contributed by atoms with E-state index in [1.807, 2.05) is 11.0 Å². The molecule has 4 aromatic rings. The number of carbonyl (C=O) groups is 1. The monoisotopic (exact) mass is 743 g/mol. The zero-order chi connectivity index (χ0) is 37.4. The molecule has 0 radical (unpaired) electrons. The van der Waals surface area contributed by atoms with Gasteiger partial charge >= 0.3 is 12.2 Å². The van der Waals surface area contributed by atoms with E-state index >= 15 is 17.6 Å². The summed E-state index contributed by atoms with van der Waals surface area (Å²) in [6, 6.07) is 3.25. The number of nitrogen functional groups attached to an aromatic ring is 1. The smallest absolute Gasteiger partial charge is 0.417 e.